The van der Waals surface area contributed by atoms with E-state index in [1.54, 1.807) is 4.68 Å². The molecule has 2 rings (SSSR count). The van der Waals surface area contributed by atoms with Crippen LogP contribution in [0.25, 0.3) is 0 Å². The second-order valence-corrected chi connectivity index (χ2v) is 3.92. The fourth-order valence-electron chi connectivity index (χ4n) is 1.56. The highest BCUT2D eigenvalue weighted by Gasteiger charge is 2.07. The van der Waals surface area contributed by atoms with Crippen LogP contribution in [0, 0.1) is 13.8 Å². The fraction of sp³-hybridized carbons (Fsp3) is 0.333. The monoisotopic (exact) mass is 217 g/mol. The Balaban J connectivity index is 2.20. The van der Waals surface area contributed by atoms with Crippen LogP contribution in [-0.2, 0) is 13.2 Å². The Kier molecular flexibility index (Phi) is 3.01. The molecule has 0 saturated heterocycles. The summed E-state index contributed by atoms with van der Waals surface area (Å²) in [5, 5.41) is 16.9. The third-order valence-corrected chi connectivity index (χ3v) is 2.68. The normalized spacial score (nSPS) is 10.7. The van der Waals surface area contributed by atoms with E-state index in [-0.39, 0.29) is 6.61 Å². The summed E-state index contributed by atoms with van der Waals surface area (Å²) in [6, 6.07) is 8.31. The minimum atomic E-state index is -0.0558. The van der Waals surface area contributed by atoms with E-state index in [1.165, 1.54) is 11.1 Å². The highest BCUT2D eigenvalue weighted by atomic mass is 16.3. The molecule has 1 N–H and O–H groups in total. The molecule has 1 aromatic heterocycles. The first-order valence-electron chi connectivity index (χ1n) is 5.26. The van der Waals surface area contributed by atoms with Crippen molar-refractivity contribution in [3.63, 3.8) is 0 Å². The first-order chi connectivity index (χ1) is 7.70. The van der Waals surface area contributed by atoms with Gasteiger partial charge in [-0.25, -0.2) is 4.68 Å². The second kappa shape index (κ2) is 4.45. The summed E-state index contributed by atoms with van der Waals surface area (Å²) < 4.78 is 1.80. The highest BCUT2D eigenvalue weighted by molar-refractivity contribution is 5.22. The van der Waals surface area contributed by atoms with Crippen molar-refractivity contribution in [2.45, 2.75) is 27.0 Å². The van der Waals surface area contributed by atoms with Gasteiger partial charge < -0.3 is 5.11 Å². The molecule has 0 atom stereocenters. The molecule has 16 heavy (non-hydrogen) atoms. The summed E-state index contributed by atoms with van der Waals surface area (Å²) in [5.41, 5.74) is 3.99. The van der Waals surface area contributed by atoms with E-state index in [0.29, 0.717) is 12.2 Å². The maximum absolute atomic E-state index is 9.02. The van der Waals surface area contributed by atoms with E-state index in [0.717, 1.165) is 5.69 Å². The summed E-state index contributed by atoms with van der Waals surface area (Å²) >= 11 is 0. The number of benzene rings is 1. The van der Waals surface area contributed by atoms with Crippen molar-refractivity contribution in [3.05, 3.63) is 46.8 Å². The lowest BCUT2D eigenvalue weighted by molar-refractivity contribution is 0.276. The number of hydrogen-bond donors (Lipinski definition) is 1. The lowest BCUT2D eigenvalue weighted by Gasteiger charge is -2.04. The van der Waals surface area contributed by atoms with Gasteiger partial charge in [0.2, 0.25) is 0 Å². The Bertz CT molecular complexity index is 474. The van der Waals surface area contributed by atoms with Crippen molar-refractivity contribution >= 4 is 0 Å². The minimum Gasteiger partial charge on any atom is -0.390 e. The molecule has 4 heteroatoms. The Morgan fingerprint density at radius 3 is 2.44 bits per heavy atom. The molecule has 0 spiro atoms. The van der Waals surface area contributed by atoms with Crippen LogP contribution in [0.5, 0.6) is 0 Å². The maximum atomic E-state index is 9.02. The average molecular weight is 217 g/mol. The Labute approximate surface area is 94.5 Å². The number of aromatic nitrogens is 3. The van der Waals surface area contributed by atoms with Gasteiger partial charge in [-0.2, -0.15) is 0 Å². The first kappa shape index (κ1) is 10.8. The van der Waals surface area contributed by atoms with Gasteiger partial charge in [-0.1, -0.05) is 35.0 Å². The van der Waals surface area contributed by atoms with E-state index >= 15 is 0 Å². The van der Waals surface area contributed by atoms with Crippen molar-refractivity contribution in [1.29, 1.82) is 0 Å². The molecule has 0 fully saturated rings. The molecule has 0 amide bonds. The zero-order valence-electron chi connectivity index (χ0n) is 9.51. The summed E-state index contributed by atoms with van der Waals surface area (Å²) in [7, 11) is 0. The van der Waals surface area contributed by atoms with Crippen molar-refractivity contribution < 1.29 is 5.11 Å². The van der Waals surface area contributed by atoms with E-state index < -0.39 is 0 Å². The zero-order valence-corrected chi connectivity index (χ0v) is 9.51. The van der Waals surface area contributed by atoms with Gasteiger partial charge in [0.15, 0.2) is 0 Å². The molecule has 0 aliphatic carbocycles. The third kappa shape index (κ3) is 2.12. The van der Waals surface area contributed by atoms with Crippen LogP contribution in [0.3, 0.4) is 0 Å². The van der Waals surface area contributed by atoms with Crippen molar-refractivity contribution in [3.8, 4) is 0 Å². The number of aliphatic hydroxyl groups excluding tert-OH is 1. The molecule has 4 nitrogen and oxygen atoms in total. The third-order valence-electron chi connectivity index (χ3n) is 2.68. The molecule has 1 heterocycles. The Morgan fingerprint density at radius 2 is 1.88 bits per heavy atom. The van der Waals surface area contributed by atoms with Gasteiger partial charge in [-0.15, -0.1) is 5.10 Å². The quantitative estimate of drug-likeness (QED) is 0.846. The van der Waals surface area contributed by atoms with Crippen LogP contribution < -0.4 is 0 Å². The van der Waals surface area contributed by atoms with Gasteiger partial charge in [-0.05, 0) is 19.4 Å². The van der Waals surface area contributed by atoms with Gasteiger partial charge in [-0.3, -0.25) is 0 Å². The van der Waals surface area contributed by atoms with Crippen LogP contribution in [0.2, 0.25) is 0 Å². The summed E-state index contributed by atoms with van der Waals surface area (Å²) in [6.45, 7) is 4.62. The SMILES string of the molecule is Cc1ccc(Cn2nnc(CO)c2C)cc1. The molecule has 84 valence electrons. The van der Waals surface area contributed by atoms with Gasteiger partial charge in [0.1, 0.15) is 5.69 Å². The largest absolute Gasteiger partial charge is 0.390 e. The van der Waals surface area contributed by atoms with Crippen LogP contribution in [0.1, 0.15) is 22.5 Å². The van der Waals surface area contributed by atoms with Gasteiger partial charge in [0.25, 0.3) is 0 Å². The maximum Gasteiger partial charge on any atom is 0.111 e. The van der Waals surface area contributed by atoms with Crippen molar-refractivity contribution in [1.82, 2.24) is 15.0 Å². The molecule has 0 aliphatic rings. The summed E-state index contributed by atoms with van der Waals surface area (Å²) in [6.07, 6.45) is 0. The predicted octanol–water partition coefficient (Wildman–Crippen LogP) is 1.44. The number of hydrogen-bond acceptors (Lipinski definition) is 3. The second-order valence-electron chi connectivity index (χ2n) is 3.92. The molecule has 2 aromatic rings. The van der Waals surface area contributed by atoms with E-state index in [1.807, 2.05) is 6.92 Å². The first-order valence-corrected chi connectivity index (χ1v) is 5.26. The van der Waals surface area contributed by atoms with Crippen LogP contribution >= 0.6 is 0 Å². The lowest BCUT2D eigenvalue weighted by atomic mass is 10.1. The van der Waals surface area contributed by atoms with Crippen LogP contribution in [-0.4, -0.2) is 20.1 Å². The van der Waals surface area contributed by atoms with Gasteiger partial charge in [0, 0.05) is 0 Å². The van der Waals surface area contributed by atoms with Crippen LogP contribution in [0.15, 0.2) is 24.3 Å². The highest BCUT2D eigenvalue weighted by Crippen LogP contribution is 2.08. The van der Waals surface area contributed by atoms with Crippen LogP contribution in [0.4, 0.5) is 0 Å². The lowest BCUT2D eigenvalue weighted by Crippen LogP contribution is -2.04. The number of nitrogens with zero attached hydrogens (tertiary/aromatic N) is 3. The molecule has 0 bridgehead atoms. The molecule has 0 aliphatic heterocycles. The Hall–Kier alpha value is -1.68. The fourth-order valence-corrected chi connectivity index (χ4v) is 1.56. The molecular weight excluding hydrogens is 202 g/mol. The summed E-state index contributed by atoms with van der Waals surface area (Å²) in [4.78, 5) is 0. The van der Waals surface area contributed by atoms with Gasteiger partial charge >= 0.3 is 0 Å². The summed E-state index contributed by atoms with van der Waals surface area (Å²) in [5.74, 6) is 0. The molecule has 0 unspecified atom stereocenters. The zero-order chi connectivity index (χ0) is 11.5. The Morgan fingerprint density at radius 1 is 1.19 bits per heavy atom. The topological polar surface area (TPSA) is 50.9 Å². The average Bonchev–Trinajstić information content (AvgIpc) is 2.63. The molecule has 0 radical (unpaired) electrons. The van der Waals surface area contributed by atoms with Crippen molar-refractivity contribution in [2.24, 2.45) is 0 Å². The smallest absolute Gasteiger partial charge is 0.111 e. The molecular formula is C12H15N3O. The van der Waals surface area contributed by atoms with E-state index in [4.69, 9.17) is 5.11 Å². The minimum absolute atomic E-state index is 0.0558. The standard InChI is InChI=1S/C12H15N3O/c1-9-3-5-11(6-4-9)7-15-10(2)12(8-16)13-14-15/h3-6,16H,7-8H2,1-2H3. The molecule has 0 saturated carbocycles. The number of aliphatic hydroxyl groups is 1. The van der Waals surface area contributed by atoms with Gasteiger partial charge in [0.05, 0.1) is 18.8 Å². The number of aryl methyl sites for hydroxylation is 1. The van der Waals surface area contributed by atoms with E-state index in [2.05, 4.69) is 41.5 Å². The number of rotatable bonds is 3. The molecule has 1 aromatic carbocycles. The van der Waals surface area contributed by atoms with E-state index in [9.17, 15) is 0 Å². The predicted molar refractivity (Wildman–Crippen MR) is 61.0 cm³/mol. The van der Waals surface area contributed by atoms with Crippen molar-refractivity contribution in [2.75, 3.05) is 0 Å².